The van der Waals surface area contributed by atoms with Gasteiger partial charge in [0.15, 0.2) is 5.65 Å². The predicted octanol–water partition coefficient (Wildman–Crippen LogP) is 2.08. The Kier molecular flexibility index (Phi) is 5.18. The summed E-state index contributed by atoms with van der Waals surface area (Å²) < 4.78 is 5.19. The highest BCUT2D eigenvalue weighted by Gasteiger charge is 2.12. The fourth-order valence-corrected chi connectivity index (χ4v) is 2.46. The van der Waals surface area contributed by atoms with Crippen molar-refractivity contribution in [1.82, 2.24) is 20.2 Å². The van der Waals surface area contributed by atoms with E-state index in [1.807, 2.05) is 24.3 Å². The van der Waals surface area contributed by atoms with Crippen molar-refractivity contribution in [2.75, 3.05) is 18.2 Å². The van der Waals surface area contributed by atoms with Gasteiger partial charge in [0.2, 0.25) is 5.95 Å². The zero-order chi connectivity index (χ0) is 18.5. The highest BCUT2D eigenvalue weighted by Crippen LogP contribution is 2.24. The molecule has 6 N–H and O–H groups in total. The minimum absolute atomic E-state index is 0.209. The fraction of sp³-hybridized carbons (Fsp3) is 0.125. The molecule has 10 heteroatoms. The van der Waals surface area contributed by atoms with Crippen LogP contribution in [0.3, 0.4) is 0 Å². The standard InChI is InChI=1S/C16H17ClN8O/c1-26-11-4-2-3-9(5-11)7-20-8-10(6-18)21-16-22-14(19)12-13(17)24-25-15(12)23-16/h2-6,8H,7,18H2,1H3,(H4,19,21,22,23,24,25). The number of aromatic amines is 1. The average molecular weight is 373 g/mol. The van der Waals surface area contributed by atoms with Crippen LogP contribution in [0.25, 0.3) is 11.0 Å². The normalized spacial score (nSPS) is 12.0. The Bertz CT molecular complexity index is 982. The molecule has 2 heterocycles. The molecule has 9 nitrogen and oxygen atoms in total. The number of fused-ring (bicyclic) bond motifs is 1. The van der Waals surface area contributed by atoms with Crippen LogP contribution >= 0.6 is 11.6 Å². The van der Waals surface area contributed by atoms with E-state index in [4.69, 9.17) is 27.8 Å². The van der Waals surface area contributed by atoms with Crippen LogP contribution in [0.5, 0.6) is 5.75 Å². The molecular weight excluding hydrogens is 356 g/mol. The summed E-state index contributed by atoms with van der Waals surface area (Å²) in [5, 5.41) is 10.3. The van der Waals surface area contributed by atoms with Crippen molar-refractivity contribution in [1.29, 1.82) is 0 Å². The lowest BCUT2D eigenvalue weighted by molar-refractivity contribution is 0.414. The molecule has 1 aromatic carbocycles. The Morgan fingerprint density at radius 3 is 3.04 bits per heavy atom. The maximum Gasteiger partial charge on any atom is 0.231 e. The fourth-order valence-electron chi connectivity index (χ4n) is 2.24. The third-order valence-electron chi connectivity index (χ3n) is 3.47. The molecule has 2 aromatic heterocycles. The van der Waals surface area contributed by atoms with Gasteiger partial charge in [-0.25, -0.2) is 0 Å². The third-order valence-corrected chi connectivity index (χ3v) is 3.74. The number of aromatic nitrogens is 4. The molecule has 0 saturated carbocycles. The maximum absolute atomic E-state index is 5.95. The molecule has 0 amide bonds. The summed E-state index contributed by atoms with van der Waals surface area (Å²) in [6.07, 6.45) is 2.94. The molecule has 0 atom stereocenters. The van der Waals surface area contributed by atoms with Crippen LogP contribution < -0.4 is 21.5 Å². The maximum atomic E-state index is 5.95. The Balaban J connectivity index is 1.71. The van der Waals surface area contributed by atoms with Crippen molar-refractivity contribution in [2.45, 2.75) is 6.54 Å². The Hall–Kier alpha value is -3.33. The number of methoxy groups -OCH3 is 1. The van der Waals surface area contributed by atoms with E-state index in [9.17, 15) is 0 Å². The zero-order valence-corrected chi connectivity index (χ0v) is 14.7. The lowest BCUT2D eigenvalue weighted by Gasteiger charge is -2.06. The first kappa shape index (κ1) is 17.5. The van der Waals surface area contributed by atoms with Crippen molar-refractivity contribution >= 4 is 40.6 Å². The van der Waals surface area contributed by atoms with Crippen LogP contribution in [-0.2, 0) is 6.54 Å². The molecule has 0 spiro atoms. The van der Waals surface area contributed by atoms with Gasteiger partial charge in [-0.3, -0.25) is 10.1 Å². The van der Waals surface area contributed by atoms with Crippen LogP contribution in [0.1, 0.15) is 5.56 Å². The Morgan fingerprint density at radius 2 is 2.27 bits per heavy atom. The minimum Gasteiger partial charge on any atom is -0.497 e. The van der Waals surface area contributed by atoms with E-state index in [-0.39, 0.29) is 11.8 Å². The van der Waals surface area contributed by atoms with Gasteiger partial charge in [-0.05, 0) is 17.7 Å². The number of ether oxygens (including phenoxy) is 1. The highest BCUT2D eigenvalue weighted by molar-refractivity contribution is 6.35. The van der Waals surface area contributed by atoms with Crippen LogP contribution in [0.4, 0.5) is 11.8 Å². The van der Waals surface area contributed by atoms with Gasteiger partial charge in [0.1, 0.15) is 22.1 Å². The molecule has 0 radical (unpaired) electrons. The molecule has 0 unspecified atom stereocenters. The van der Waals surface area contributed by atoms with Gasteiger partial charge in [0.25, 0.3) is 0 Å². The zero-order valence-electron chi connectivity index (χ0n) is 13.9. The summed E-state index contributed by atoms with van der Waals surface area (Å²) in [7, 11) is 1.62. The second kappa shape index (κ2) is 7.70. The first-order valence-corrected chi connectivity index (χ1v) is 7.97. The molecule has 0 saturated heterocycles. The van der Waals surface area contributed by atoms with Crippen LogP contribution in [0.2, 0.25) is 5.15 Å². The van der Waals surface area contributed by atoms with Crippen molar-refractivity contribution in [3.05, 3.63) is 46.9 Å². The number of benzene rings is 1. The number of anilines is 2. The summed E-state index contributed by atoms with van der Waals surface area (Å²) >= 11 is 5.95. The summed E-state index contributed by atoms with van der Waals surface area (Å²) in [5.41, 5.74) is 13.4. The average Bonchev–Trinajstić information content (AvgIpc) is 3.02. The van der Waals surface area contributed by atoms with E-state index < -0.39 is 0 Å². The number of H-pyrrole nitrogens is 1. The number of nitrogens with two attached hydrogens (primary N) is 2. The summed E-state index contributed by atoms with van der Waals surface area (Å²) in [6, 6.07) is 7.65. The molecular formula is C16H17ClN8O. The number of rotatable bonds is 6. The van der Waals surface area contributed by atoms with E-state index >= 15 is 0 Å². The molecule has 134 valence electrons. The van der Waals surface area contributed by atoms with Crippen molar-refractivity contribution < 1.29 is 4.74 Å². The second-order valence-corrected chi connectivity index (χ2v) is 5.61. The number of nitrogens with zero attached hydrogens (tertiary/aromatic N) is 4. The van der Waals surface area contributed by atoms with Crippen LogP contribution in [0, 0.1) is 0 Å². The number of hydrogen-bond donors (Lipinski definition) is 4. The SMILES string of the molecule is COc1cccc(CN=CC(=CN)Nc2nc(N)c3c(Cl)[nH]nc3n2)c1. The lowest BCUT2D eigenvalue weighted by atomic mass is 10.2. The number of hydrogen-bond acceptors (Lipinski definition) is 8. The number of allylic oxidation sites excluding steroid dienone is 1. The summed E-state index contributed by atoms with van der Waals surface area (Å²) in [6.45, 7) is 0.466. The topological polar surface area (TPSA) is 140 Å². The Labute approximate surface area is 154 Å². The first-order chi connectivity index (χ1) is 12.6. The number of halogens is 1. The van der Waals surface area contributed by atoms with Gasteiger partial charge in [-0.2, -0.15) is 15.1 Å². The van der Waals surface area contributed by atoms with E-state index in [2.05, 4.69) is 30.5 Å². The minimum atomic E-state index is 0.209. The largest absolute Gasteiger partial charge is 0.497 e. The molecule has 3 aromatic rings. The summed E-state index contributed by atoms with van der Waals surface area (Å²) in [4.78, 5) is 12.7. The molecule has 0 fully saturated rings. The van der Waals surface area contributed by atoms with Gasteiger partial charge in [0, 0.05) is 12.4 Å². The van der Waals surface area contributed by atoms with E-state index in [1.54, 1.807) is 13.3 Å². The van der Waals surface area contributed by atoms with Gasteiger partial charge in [0.05, 0.1) is 19.4 Å². The molecule has 0 aliphatic rings. The number of nitrogens with one attached hydrogen (secondary N) is 2. The predicted molar refractivity (Wildman–Crippen MR) is 102 cm³/mol. The van der Waals surface area contributed by atoms with Gasteiger partial charge >= 0.3 is 0 Å². The number of aliphatic imine (C=N–C) groups is 1. The van der Waals surface area contributed by atoms with Crippen molar-refractivity contribution in [3.63, 3.8) is 0 Å². The molecule has 0 bridgehead atoms. The molecule has 3 rings (SSSR count). The van der Waals surface area contributed by atoms with E-state index in [0.29, 0.717) is 28.4 Å². The lowest BCUT2D eigenvalue weighted by Crippen LogP contribution is -2.08. The molecule has 26 heavy (non-hydrogen) atoms. The highest BCUT2D eigenvalue weighted by atomic mass is 35.5. The van der Waals surface area contributed by atoms with Gasteiger partial charge in [-0.1, -0.05) is 23.7 Å². The van der Waals surface area contributed by atoms with Crippen LogP contribution in [0.15, 0.2) is 41.2 Å². The molecule has 0 aliphatic heterocycles. The second-order valence-electron chi connectivity index (χ2n) is 5.24. The smallest absolute Gasteiger partial charge is 0.231 e. The van der Waals surface area contributed by atoms with Gasteiger partial charge in [-0.15, -0.1) is 0 Å². The van der Waals surface area contributed by atoms with Crippen molar-refractivity contribution in [2.24, 2.45) is 10.7 Å². The van der Waals surface area contributed by atoms with Crippen molar-refractivity contribution in [3.8, 4) is 5.75 Å². The van der Waals surface area contributed by atoms with E-state index in [1.165, 1.54) is 6.20 Å². The number of nitrogen functional groups attached to an aromatic ring is 1. The summed E-state index contributed by atoms with van der Waals surface area (Å²) in [5.74, 6) is 1.23. The van der Waals surface area contributed by atoms with Gasteiger partial charge < -0.3 is 21.5 Å². The first-order valence-electron chi connectivity index (χ1n) is 7.59. The van der Waals surface area contributed by atoms with E-state index in [0.717, 1.165) is 11.3 Å². The van der Waals surface area contributed by atoms with Crippen LogP contribution in [-0.4, -0.2) is 33.5 Å². The molecule has 0 aliphatic carbocycles. The monoisotopic (exact) mass is 372 g/mol. The third kappa shape index (κ3) is 3.83. The quantitative estimate of drug-likeness (QED) is 0.485. The Morgan fingerprint density at radius 1 is 1.42 bits per heavy atom.